The van der Waals surface area contributed by atoms with Crippen molar-refractivity contribution in [3.05, 3.63) is 63.6 Å². The number of rotatable bonds is 6. The van der Waals surface area contributed by atoms with Crippen LogP contribution in [0.2, 0.25) is 0 Å². The molecule has 0 aromatic heterocycles. The summed E-state index contributed by atoms with van der Waals surface area (Å²) in [7, 11) is 3.33. The molecule has 146 valence electrons. The standard InChI is InChI=1S/C21H21BrN2O4/c1-23(13-16-11-17(22)7-8-18(16)28-2)21(27)15-5-3-14(4-6-15)12-24-19(25)9-10-20(24)26/h3-8,11H,9-10,12-13H2,1-2H3. The Morgan fingerprint density at radius 2 is 1.75 bits per heavy atom. The molecule has 2 aromatic carbocycles. The van der Waals surface area contributed by atoms with Crippen LogP contribution >= 0.6 is 15.9 Å². The fourth-order valence-electron chi connectivity index (χ4n) is 3.15. The molecule has 1 fully saturated rings. The van der Waals surface area contributed by atoms with Crippen molar-refractivity contribution in [3.8, 4) is 5.75 Å². The first-order valence-electron chi connectivity index (χ1n) is 8.89. The van der Waals surface area contributed by atoms with Crippen LogP contribution in [-0.2, 0) is 22.7 Å². The Balaban J connectivity index is 1.68. The van der Waals surface area contributed by atoms with Crippen LogP contribution in [0.15, 0.2) is 46.9 Å². The molecule has 28 heavy (non-hydrogen) atoms. The van der Waals surface area contributed by atoms with Crippen molar-refractivity contribution in [2.45, 2.75) is 25.9 Å². The van der Waals surface area contributed by atoms with Crippen molar-refractivity contribution in [1.29, 1.82) is 0 Å². The molecule has 0 spiro atoms. The number of carbonyl (C=O) groups is 3. The first kappa shape index (κ1) is 20.1. The predicted octanol–water partition coefficient (Wildman–Crippen LogP) is 3.38. The van der Waals surface area contributed by atoms with E-state index < -0.39 is 0 Å². The molecule has 1 aliphatic heterocycles. The minimum Gasteiger partial charge on any atom is -0.496 e. The van der Waals surface area contributed by atoms with Gasteiger partial charge < -0.3 is 9.64 Å². The third-order valence-electron chi connectivity index (χ3n) is 4.69. The zero-order valence-corrected chi connectivity index (χ0v) is 17.4. The second-order valence-electron chi connectivity index (χ2n) is 6.69. The summed E-state index contributed by atoms with van der Waals surface area (Å²) >= 11 is 3.44. The van der Waals surface area contributed by atoms with E-state index in [0.717, 1.165) is 21.3 Å². The second-order valence-corrected chi connectivity index (χ2v) is 7.60. The SMILES string of the molecule is COc1ccc(Br)cc1CN(C)C(=O)c1ccc(CN2C(=O)CCC2=O)cc1. The number of hydrogen-bond acceptors (Lipinski definition) is 4. The number of amides is 3. The summed E-state index contributed by atoms with van der Waals surface area (Å²) in [5.74, 6) is 0.306. The maximum Gasteiger partial charge on any atom is 0.253 e. The van der Waals surface area contributed by atoms with Crippen molar-refractivity contribution in [1.82, 2.24) is 9.80 Å². The zero-order chi connectivity index (χ0) is 20.3. The number of imide groups is 1. The van der Waals surface area contributed by atoms with Crippen LogP contribution in [-0.4, -0.2) is 41.7 Å². The molecule has 1 heterocycles. The lowest BCUT2D eigenvalue weighted by molar-refractivity contribution is -0.139. The van der Waals surface area contributed by atoms with E-state index in [-0.39, 0.29) is 37.1 Å². The number of likely N-dealkylation sites (tertiary alicyclic amines) is 1. The third kappa shape index (κ3) is 4.42. The Kier molecular flexibility index (Phi) is 6.14. The quantitative estimate of drug-likeness (QED) is 0.640. The summed E-state index contributed by atoms with van der Waals surface area (Å²) in [6, 6.07) is 12.7. The lowest BCUT2D eigenvalue weighted by atomic mass is 10.1. The van der Waals surface area contributed by atoms with E-state index in [9.17, 15) is 14.4 Å². The molecule has 0 aliphatic carbocycles. The number of nitrogens with zero attached hydrogens (tertiary/aromatic N) is 2. The van der Waals surface area contributed by atoms with Gasteiger partial charge in [0.05, 0.1) is 13.7 Å². The molecule has 2 aromatic rings. The minimum atomic E-state index is -0.146. The van der Waals surface area contributed by atoms with Crippen molar-refractivity contribution in [2.24, 2.45) is 0 Å². The van der Waals surface area contributed by atoms with Gasteiger partial charge in [0.2, 0.25) is 11.8 Å². The number of methoxy groups -OCH3 is 1. The number of carbonyl (C=O) groups excluding carboxylic acids is 3. The van der Waals surface area contributed by atoms with E-state index in [0.29, 0.717) is 12.1 Å². The van der Waals surface area contributed by atoms with E-state index >= 15 is 0 Å². The van der Waals surface area contributed by atoms with Crippen molar-refractivity contribution >= 4 is 33.7 Å². The van der Waals surface area contributed by atoms with Crippen LogP contribution in [0.25, 0.3) is 0 Å². The zero-order valence-electron chi connectivity index (χ0n) is 15.8. The summed E-state index contributed by atoms with van der Waals surface area (Å²) in [5, 5.41) is 0. The van der Waals surface area contributed by atoms with Gasteiger partial charge in [0.25, 0.3) is 5.91 Å². The first-order valence-corrected chi connectivity index (χ1v) is 9.68. The van der Waals surface area contributed by atoms with Gasteiger partial charge in [-0.25, -0.2) is 0 Å². The Morgan fingerprint density at radius 3 is 2.36 bits per heavy atom. The van der Waals surface area contributed by atoms with E-state index in [1.807, 2.05) is 18.2 Å². The van der Waals surface area contributed by atoms with Gasteiger partial charge in [-0.2, -0.15) is 0 Å². The lowest BCUT2D eigenvalue weighted by Gasteiger charge is -2.19. The molecule has 0 bridgehead atoms. The normalized spacial score (nSPS) is 13.8. The Morgan fingerprint density at radius 1 is 1.11 bits per heavy atom. The van der Waals surface area contributed by atoms with Crippen molar-refractivity contribution in [3.63, 3.8) is 0 Å². The number of ether oxygens (including phenoxy) is 1. The van der Waals surface area contributed by atoms with Gasteiger partial charge in [-0.15, -0.1) is 0 Å². The fraction of sp³-hybridized carbons (Fsp3) is 0.286. The highest BCUT2D eigenvalue weighted by Crippen LogP contribution is 2.24. The van der Waals surface area contributed by atoms with E-state index in [4.69, 9.17) is 4.74 Å². The molecule has 0 unspecified atom stereocenters. The van der Waals surface area contributed by atoms with Gasteiger partial charge in [0.1, 0.15) is 5.75 Å². The number of hydrogen-bond donors (Lipinski definition) is 0. The summed E-state index contributed by atoms with van der Waals surface area (Å²) in [4.78, 5) is 39.1. The Hall–Kier alpha value is -2.67. The Bertz CT molecular complexity index is 895. The summed E-state index contributed by atoms with van der Waals surface area (Å²) in [6.45, 7) is 0.650. The number of benzene rings is 2. The molecular weight excluding hydrogens is 424 g/mol. The largest absolute Gasteiger partial charge is 0.496 e. The first-order chi connectivity index (χ1) is 13.4. The second kappa shape index (κ2) is 8.56. The number of halogens is 1. The average Bonchev–Trinajstić information content (AvgIpc) is 3.00. The molecule has 1 aliphatic rings. The summed E-state index contributed by atoms with van der Waals surface area (Å²) in [6.07, 6.45) is 0.554. The van der Waals surface area contributed by atoms with E-state index in [1.54, 1.807) is 43.3 Å². The molecule has 1 saturated heterocycles. The molecule has 0 atom stereocenters. The van der Waals surface area contributed by atoms with Crippen LogP contribution in [0.5, 0.6) is 5.75 Å². The highest BCUT2D eigenvalue weighted by molar-refractivity contribution is 9.10. The van der Waals surface area contributed by atoms with Crippen LogP contribution in [0.4, 0.5) is 0 Å². The average molecular weight is 445 g/mol. The van der Waals surface area contributed by atoms with Gasteiger partial charge in [0.15, 0.2) is 0 Å². The molecule has 3 rings (SSSR count). The molecule has 0 radical (unpaired) electrons. The van der Waals surface area contributed by atoms with Crippen LogP contribution in [0, 0.1) is 0 Å². The van der Waals surface area contributed by atoms with Crippen LogP contribution in [0.1, 0.15) is 34.3 Å². The van der Waals surface area contributed by atoms with Gasteiger partial charge in [0, 0.05) is 42.0 Å². The summed E-state index contributed by atoms with van der Waals surface area (Å²) in [5.41, 5.74) is 2.26. The lowest BCUT2D eigenvalue weighted by Crippen LogP contribution is -2.28. The minimum absolute atomic E-state index is 0.123. The van der Waals surface area contributed by atoms with Crippen LogP contribution in [0.3, 0.4) is 0 Å². The maximum atomic E-state index is 12.7. The van der Waals surface area contributed by atoms with Gasteiger partial charge >= 0.3 is 0 Å². The van der Waals surface area contributed by atoms with Crippen molar-refractivity contribution < 1.29 is 19.1 Å². The third-order valence-corrected chi connectivity index (χ3v) is 5.19. The van der Waals surface area contributed by atoms with Gasteiger partial charge in [-0.1, -0.05) is 28.1 Å². The van der Waals surface area contributed by atoms with Crippen molar-refractivity contribution in [2.75, 3.05) is 14.2 Å². The molecule has 0 saturated carbocycles. The van der Waals surface area contributed by atoms with Crippen LogP contribution < -0.4 is 4.74 Å². The fourth-order valence-corrected chi connectivity index (χ4v) is 3.56. The monoisotopic (exact) mass is 444 g/mol. The van der Waals surface area contributed by atoms with E-state index in [1.165, 1.54) is 4.90 Å². The topological polar surface area (TPSA) is 66.9 Å². The highest BCUT2D eigenvalue weighted by atomic mass is 79.9. The van der Waals surface area contributed by atoms with E-state index in [2.05, 4.69) is 15.9 Å². The molecular formula is C21H21BrN2O4. The molecule has 6 nitrogen and oxygen atoms in total. The highest BCUT2D eigenvalue weighted by Gasteiger charge is 2.28. The smallest absolute Gasteiger partial charge is 0.253 e. The maximum absolute atomic E-state index is 12.7. The van der Waals surface area contributed by atoms with Gasteiger partial charge in [-0.3, -0.25) is 19.3 Å². The Labute approximate surface area is 172 Å². The van der Waals surface area contributed by atoms with Gasteiger partial charge in [-0.05, 0) is 35.9 Å². The molecule has 7 heteroatoms. The molecule has 3 amide bonds. The predicted molar refractivity (Wildman–Crippen MR) is 108 cm³/mol. The summed E-state index contributed by atoms with van der Waals surface area (Å²) < 4.78 is 6.28. The molecule has 0 N–H and O–H groups in total.